The first kappa shape index (κ1) is 25.3. The Labute approximate surface area is 214 Å². The van der Waals surface area contributed by atoms with Crippen molar-refractivity contribution in [3.63, 3.8) is 0 Å². The van der Waals surface area contributed by atoms with Crippen LogP contribution in [-0.2, 0) is 9.53 Å². The maximum Gasteiger partial charge on any atom is 0.410 e. The fraction of sp³-hybridized carbons (Fsp3) is 0.385. The van der Waals surface area contributed by atoms with Crippen molar-refractivity contribution >= 4 is 46.4 Å². The Morgan fingerprint density at radius 3 is 2.29 bits per heavy atom. The molecule has 1 saturated heterocycles. The van der Waals surface area contributed by atoms with Crippen LogP contribution in [0.3, 0.4) is 0 Å². The molecular weight excluding hydrogens is 484 g/mol. The first-order valence-corrected chi connectivity index (χ1v) is 12.8. The lowest BCUT2D eigenvalue weighted by Crippen LogP contribution is -2.52. The summed E-state index contributed by atoms with van der Waals surface area (Å²) in [6.45, 7) is 9.19. The summed E-state index contributed by atoms with van der Waals surface area (Å²) in [7, 11) is 0. The molecule has 0 bridgehead atoms. The number of rotatable bonds is 4. The van der Waals surface area contributed by atoms with Crippen LogP contribution >= 0.6 is 23.4 Å². The van der Waals surface area contributed by atoms with Gasteiger partial charge in [-0.2, -0.15) is 0 Å². The molecule has 1 atom stereocenters. The van der Waals surface area contributed by atoms with Gasteiger partial charge in [0.2, 0.25) is 5.91 Å². The molecule has 2 amide bonds. The van der Waals surface area contributed by atoms with Crippen molar-refractivity contribution in [2.75, 3.05) is 26.2 Å². The Morgan fingerprint density at radius 1 is 0.971 bits per heavy atom. The molecule has 1 fully saturated rings. The Balaban J connectivity index is 1.54. The standard InChI is InChI=1S/C26H29ClN4O3S/c1-17-23(29-20-11-10-19(27)16-21(20)28-17)35-22(18-8-6-5-7-9-18)24(32)30-12-14-31(15-13-30)25(33)34-26(2,3)4/h5-11,16,22H,12-15H2,1-4H3. The number of fused-ring (bicyclic) bond motifs is 1. The number of hydrogen-bond acceptors (Lipinski definition) is 6. The predicted molar refractivity (Wildman–Crippen MR) is 139 cm³/mol. The van der Waals surface area contributed by atoms with Crippen LogP contribution in [0.5, 0.6) is 0 Å². The number of ether oxygens (including phenoxy) is 1. The van der Waals surface area contributed by atoms with Gasteiger partial charge in [-0.3, -0.25) is 4.79 Å². The van der Waals surface area contributed by atoms with Crippen LogP contribution in [-0.4, -0.2) is 63.5 Å². The molecule has 0 radical (unpaired) electrons. The van der Waals surface area contributed by atoms with Crippen molar-refractivity contribution < 1.29 is 14.3 Å². The predicted octanol–water partition coefficient (Wildman–Crippen LogP) is 5.50. The normalized spacial score (nSPS) is 15.2. The van der Waals surface area contributed by atoms with E-state index >= 15 is 0 Å². The summed E-state index contributed by atoms with van der Waals surface area (Å²) in [4.78, 5) is 39.1. The van der Waals surface area contributed by atoms with Gasteiger partial charge in [-0.15, -0.1) is 0 Å². The summed E-state index contributed by atoms with van der Waals surface area (Å²) in [6.07, 6.45) is -0.347. The first-order valence-electron chi connectivity index (χ1n) is 11.5. The molecule has 1 unspecified atom stereocenters. The van der Waals surface area contributed by atoms with Gasteiger partial charge in [0.1, 0.15) is 15.9 Å². The molecule has 1 aliphatic rings. The molecule has 9 heteroatoms. The van der Waals surface area contributed by atoms with Crippen molar-refractivity contribution in [3.05, 3.63) is 64.8 Å². The van der Waals surface area contributed by atoms with Gasteiger partial charge in [-0.1, -0.05) is 53.7 Å². The smallest absolute Gasteiger partial charge is 0.410 e. The van der Waals surface area contributed by atoms with E-state index in [2.05, 4.69) is 4.98 Å². The number of thioether (sulfide) groups is 1. The second-order valence-corrected chi connectivity index (χ2v) is 11.0. The highest BCUT2D eigenvalue weighted by Crippen LogP contribution is 2.38. The highest BCUT2D eigenvalue weighted by molar-refractivity contribution is 8.00. The molecule has 3 aromatic rings. The van der Waals surface area contributed by atoms with Gasteiger partial charge in [0.15, 0.2) is 0 Å². The Kier molecular flexibility index (Phi) is 7.52. The highest BCUT2D eigenvalue weighted by Gasteiger charge is 2.32. The maximum atomic E-state index is 13.7. The molecule has 35 heavy (non-hydrogen) atoms. The fourth-order valence-corrected chi connectivity index (χ4v) is 5.11. The minimum absolute atomic E-state index is 0.0116. The molecule has 1 aliphatic heterocycles. The van der Waals surface area contributed by atoms with Crippen molar-refractivity contribution in [2.45, 2.75) is 43.6 Å². The number of benzene rings is 2. The monoisotopic (exact) mass is 512 g/mol. The van der Waals surface area contributed by atoms with Crippen LogP contribution in [0.25, 0.3) is 11.0 Å². The van der Waals surface area contributed by atoms with Gasteiger partial charge in [-0.25, -0.2) is 14.8 Å². The number of piperazine rings is 1. The largest absolute Gasteiger partial charge is 0.444 e. The van der Waals surface area contributed by atoms with Gasteiger partial charge in [0.05, 0.1) is 16.7 Å². The number of carbonyl (C=O) groups is 2. The van der Waals surface area contributed by atoms with Gasteiger partial charge < -0.3 is 14.5 Å². The average molecular weight is 513 g/mol. The minimum atomic E-state index is -0.552. The van der Waals surface area contributed by atoms with Crippen molar-refractivity contribution in [1.29, 1.82) is 0 Å². The van der Waals surface area contributed by atoms with Crippen molar-refractivity contribution in [3.8, 4) is 0 Å². The minimum Gasteiger partial charge on any atom is -0.444 e. The second kappa shape index (κ2) is 10.4. The summed E-state index contributed by atoms with van der Waals surface area (Å²) >= 11 is 7.51. The van der Waals surface area contributed by atoms with Crippen LogP contribution in [0.4, 0.5) is 4.79 Å². The van der Waals surface area contributed by atoms with Gasteiger partial charge in [-0.05, 0) is 51.5 Å². The lowest BCUT2D eigenvalue weighted by molar-refractivity contribution is -0.132. The average Bonchev–Trinajstić information content (AvgIpc) is 2.82. The van der Waals surface area contributed by atoms with E-state index in [0.29, 0.717) is 36.2 Å². The second-order valence-electron chi connectivity index (χ2n) is 9.45. The SMILES string of the molecule is Cc1nc2cc(Cl)ccc2nc1SC(C(=O)N1CCN(C(=O)OC(C)(C)C)CC1)c1ccccc1. The summed E-state index contributed by atoms with van der Waals surface area (Å²) in [6, 6.07) is 15.1. The van der Waals surface area contributed by atoms with Crippen molar-refractivity contribution in [2.24, 2.45) is 0 Å². The van der Waals surface area contributed by atoms with E-state index in [-0.39, 0.29) is 12.0 Å². The van der Waals surface area contributed by atoms with Crippen molar-refractivity contribution in [1.82, 2.24) is 19.8 Å². The number of carbonyl (C=O) groups excluding carboxylic acids is 2. The third-order valence-electron chi connectivity index (χ3n) is 5.56. The van der Waals surface area contributed by atoms with Crippen LogP contribution in [0.1, 0.15) is 37.3 Å². The van der Waals surface area contributed by atoms with Crippen LogP contribution in [0.15, 0.2) is 53.6 Å². The summed E-state index contributed by atoms with van der Waals surface area (Å²) in [5.41, 5.74) is 2.54. The Morgan fingerprint density at radius 2 is 1.63 bits per heavy atom. The first-order chi connectivity index (χ1) is 16.6. The third kappa shape index (κ3) is 6.24. The molecule has 0 N–H and O–H groups in total. The summed E-state index contributed by atoms with van der Waals surface area (Å²) in [5.74, 6) is -0.0116. The molecule has 0 spiro atoms. The van der Waals surface area contributed by atoms with E-state index in [0.717, 1.165) is 22.3 Å². The zero-order chi connectivity index (χ0) is 25.2. The van der Waals surface area contributed by atoms with E-state index in [9.17, 15) is 9.59 Å². The number of aromatic nitrogens is 2. The van der Waals surface area contributed by atoms with Gasteiger partial charge >= 0.3 is 6.09 Å². The molecule has 2 heterocycles. The van der Waals surface area contributed by atoms with Crippen LogP contribution < -0.4 is 0 Å². The lowest BCUT2D eigenvalue weighted by atomic mass is 10.1. The van der Waals surface area contributed by atoms with Gasteiger partial charge in [0.25, 0.3) is 0 Å². The summed E-state index contributed by atoms with van der Waals surface area (Å²) < 4.78 is 5.48. The molecule has 0 saturated carbocycles. The Bertz CT molecular complexity index is 1220. The molecule has 0 aliphatic carbocycles. The maximum absolute atomic E-state index is 13.7. The molecule has 4 rings (SSSR count). The molecule has 2 aromatic carbocycles. The zero-order valence-corrected chi connectivity index (χ0v) is 21.9. The van der Waals surface area contributed by atoms with E-state index in [1.54, 1.807) is 17.0 Å². The van der Waals surface area contributed by atoms with Crippen LogP contribution in [0, 0.1) is 6.92 Å². The van der Waals surface area contributed by atoms with E-state index in [1.807, 2.05) is 69.0 Å². The summed E-state index contributed by atoms with van der Waals surface area (Å²) in [5, 5.41) is 0.825. The van der Waals surface area contributed by atoms with E-state index in [4.69, 9.17) is 21.3 Å². The Hall–Kier alpha value is -2.84. The third-order valence-corrected chi connectivity index (χ3v) is 7.11. The molecule has 184 valence electrons. The number of amides is 2. The lowest BCUT2D eigenvalue weighted by Gasteiger charge is -2.37. The van der Waals surface area contributed by atoms with E-state index < -0.39 is 10.9 Å². The quantitative estimate of drug-likeness (QED) is 0.429. The fourth-order valence-electron chi connectivity index (χ4n) is 3.81. The van der Waals surface area contributed by atoms with Crippen LogP contribution in [0.2, 0.25) is 5.02 Å². The number of nitrogens with zero attached hydrogens (tertiary/aromatic N) is 4. The number of aryl methyl sites for hydroxylation is 1. The molecular formula is C26H29ClN4O3S. The highest BCUT2D eigenvalue weighted by atomic mass is 35.5. The van der Waals surface area contributed by atoms with Gasteiger partial charge in [0, 0.05) is 31.2 Å². The molecule has 7 nitrogen and oxygen atoms in total. The molecule has 1 aromatic heterocycles. The number of hydrogen-bond donors (Lipinski definition) is 0. The van der Waals surface area contributed by atoms with E-state index in [1.165, 1.54) is 11.8 Å². The zero-order valence-electron chi connectivity index (χ0n) is 20.3. The topological polar surface area (TPSA) is 75.6 Å². The number of halogens is 1.